The van der Waals surface area contributed by atoms with Gasteiger partial charge in [0.25, 0.3) is 0 Å². The Bertz CT molecular complexity index is 2930. The molecular weight excluding hydrogens is 658 g/mol. The molecular formula is C52H36FN. The molecule has 0 fully saturated rings. The zero-order valence-electron chi connectivity index (χ0n) is 30.1. The van der Waals surface area contributed by atoms with Gasteiger partial charge in [-0.05, 0) is 149 Å². The molecule has 0 radical (unpaired) electrons. The van der Waals surface area contributed by atoms with E-state index in [-0.39, 0.29) is 5.82 Å². The van der Waals surface area contributed by atoms with Crippen LogP contribution in [0.15, 0.2) is 176 Å². The summed E-state index contributed by atoms with van der Waals surface area (Å²) in [5, 5.41) is 7.50. The Morgan fingerprint density at radius 1 is 0.444 bits per heavy atom. The lowest BCUT2D eigenvalue weighted by molar-refractivity contribution is 0.628. The number of anilines is 3. The van der Waals surface area contributed by atoms with E-state index in [1.54, 1.807) is 12.1 Å². The van der Waals surface area contributed by atoms with Gasteiger partial charge in [-0.2, -0.15) is 0 Å². The van der Waals surface area contributed by atoms with E-state index >= 15 is 0 Å². The zero-order valence-corrected chi connectivity index (χ0v) is 30.1. The molecule has 0 unspecified atom stereocenters. The molecule has 9 aromatic carbocycles. The van der Waals surface area contributed by atoms with Gasteiger partial charge in [0.1, 0.15) is 5.82 Å². The van der Waals surface area contributed by atoms with Crippen LogP contribution in [0.5, 0.6) is 0 Å². The normalized spacial score (nSPS) is 13.4. The number of nitrogens with zero attached hydrogens (tertiary/aromatic N) is 1. The van der Waals surface area contributed by atoms with Gasteiger partial charge in [0.05, 0.1) is 5.41 Å². The van der Waals surface area contributed by atoms with E-state index in [0.717, 1.165) is 17.1 Å². The number of hydrogen-bond acceptors (Lipinski definition) is 1. The molecule has 2 aliphatic rings. The minimum atomic E-state index is -0.505. The summed E-state index contributed by atoms with van der Waals surface area (Å²) in [6.07, 6.45) is 0. The van der Waals surface area contributed by atoms with Crippen LogP contribution in [-0.4, -0.2) is 0 Å². The SMILES string of the molecule is CC(C)c1ccc(N(c2ccc(F)cc2)c2ccc3cc4c(cc3c2)C2(c3ccccc3-c3ccccc32)c2c-4c3ccccc3c3ccccc23)cc1. The van der Waals surface area contributed by atoms with E-state index in [1.807, 2.05) is 12.1 Å². The van der Waals surface area contributed by atoms with Crippen molar-refractivity contribution >= 4 is 49.4 Å². The Balaban J connectivity index is 1.23. The zero-order chi connectivity index (χ0) is 36.1. The van der Waals surface area contributed by atoms with Crippen LogP contribution in [0.3, 0.4) is 0 Å². The molecule has 1 nitrogen and oxygen atoms in total. The Morgan fingerprint density at radius 2 is 0.981 bits per heavy atom. The number of fused-ring (bicyclic) bond motifs is 16. The van der Waals surface area contributed by atoms with Crippen LogP contribution < -0.4 is 4.90 Å². The summed E-state index contributed by atoms with van der Waals surface area (Å²) in [5.41, 5.74) is 14.3. The van der Waals surface area contributed by atoms with Gasteiger partial charge in [0.2, 0.25) is 0 Å². The topological polar surface area (TPSA) is 3.24 Å². The Hall–Kier alpha value is -6.51. The van der Waals surface area contributed by atoms with Crippen LogP contribution >= 0.6 is 0 Å². The highest BCUT2D eigenvalue weighted by Gasteiger charge is 2.53. The maximum Gasteiger partial charge on any atom is 0.123 e. The molecule has 256 valence electrons. The fraction of sp³-hybridized carbons (Fsp3) is 0.0769. The number of hydrogen-bond donors (Lipinski definition) is 0. The number of rotatable bonds is 4. The predicted molar refractivity (Wildman–Crippen MR) is 224 cm³/mol. The standard InChI is InChI=1S/C52H36FN/c1-32(2)33-19-24-37(25-20-33)54(38-27-22-36(53)23-28-38)39-26-21-34-30-46-49(31-35(34)29-39)52(47-17-9-7-13-42(47)43-14-8-10-18-48(43)52)51-45-16-6-4-12-41(45)40-11-3-5-15-44(40)50(46)51/h3-32H,1-2H3. The molecule has 0 N–H and O–H groups in total. The fourth-order valence-corrected chi connectivity index (χ4v) is 9.73. The molecule has 0 bridgehead atoms. The molecule has 0 aromatic heterocycles. The van der Waals surface area contributed by atoms with Gasteiger partial charge >= 0.3 is 0 Å². The van der Waals surface area contributed by atoms with Crippen molar-refractivity contribution in [2.45, 2.75) is 25.2 Å². The summed E-state index contributed by atoms with van der Waals surface area (Å²) in [4.78, 5) is 2.24. The minimum Gasteiger partial charge on any atom is -0.310 e. The Labute approximate surface area is 314 Å². The first kappa shape index (κ1) is 31.1. The lowest BCUT2D eigenvalue weighted by atomic mass is 9.69. The maximum absolute atomic E-state index is 14.3. The Kier molecular flexibility index (Phi) is 6.61. The molecule has 0 aliphatic heterocycles. The highest BCUT2D eigenvalue weighted by Crippen LogP contribution is 2.65. The first-order valence-electron chi connectivity index (χ1n) is 18.9. The van der Waals surface area contributed by atoms with Crippen LogP contribution in [0.2, 0.25) is 0 Å². The van der Waals surface area contributed by atoms with E-state index in [4.69, 9.17) is 0 Å². The quantitative estimate of drug-likeness (QED) is 0.166. The molecule has 0 saturated carbocycles. The third-order valence-electron chi connectivity index (χ3n) is 12.1. The van der Waals surface area contributed by atoms with Crippen molar-refractivity contribution in [3.8, 4) is 22.3 Å². The van der Waals surface area contributed by atoms with Crippen molar-refractivity contribution in [3.05, 3.63) is 210 Å². The molecule has 0 heterocycles. The van der Waals surface area contributed by atoms with Gasteiger partial charge in [0, 0.05) is 17.1 Å². The predicted octanol–water partition coefficient (Wildman–Crippen LogP) is 14.2. The van der Waals surface area contributed by atoms with Crippen LogP contribution in [0.4, 0.5) is 21.5 Å². The molecule has 0 saturated heterocycles. The van der Waals surface area contributed by atoms with E-state index in [0.29, 0.717) is 5.92 Å². The highest BCUT2D eigenvalue weighted by atomic mass is 19.1. The minimum absolute atomic E-state index is 0.245. The fourth-order valence-electron chi connectivity index (χ4n) is 9.73. The van der Waals surface area contributed by atoms with Gasteiger partial charge in [0.15, 0.2) is 0 Å². The van der Waals surface area contributed by atoms with Crippen molar-refractivity contribution < 1.29 is 4.39 Å². The van der Waals surface area contributed by atoms with Gasteiger partial charge in [-0.1, -0.05) is 129 Å². The van der Waals surface area contributed by atoms with Crippen molar-refractivity contribution in [1.82, 2.24) is 0 Å². The number of halogens is 1. The monoisotopic (exact) mass is 693 g/mol. The second-order valence-corrected chi connectivity index (χ2v) is 15.2. The first-order chi connectivity index (χ1) is 26.5. The summed E-state index contributed by atoms with van der Waals surface area (Å²) in [6, 6.07) is 63.3. The third kappa shape index (κ3) is 4.20. The molecule has 0 amide bonds. The Morgan fingerprint density at radius 3 is 1.63 bits per heavy atom. The van der Waals surface area contributed by atoms with Crippen molar-refractivity contribution in [1.29, 1.82) is 0 Å². The molecule has 2 aliphatic carbocycles. The average Bonchev–Trinajstić information content (AvgIpc) is 3.68. The van der Waals surface area contributed by atoms with Crippen molar-refractivity contribution in [2.24, 2.45) is 0 Å². The molecule has 0 atom stereocenters. The van der Waals surface area contributed by atoms with Crippen molar-refractivity contribution in [2.75, 3.05) is 4.90 Å². The molecule has 9 aromatic rings. The van der Waals surface area contributed by atoms with Crippen LogP contribution in [0.1, 0.15) is 47.6 Å². The summed E-state index contributed by atoms with van der Waals surface area (Å²) in [5.74, 6) is 0.183. The van der Waals surface area contributed by atoms with E-state index < -0.39 is 5.41 Å². The largest absolute Gasteiger partial charge is 0.310 e. The summed E-state index contributed by atoms with van der Waals surface area (Å²) in [6.45, 7) is 4.43. The number of benzene rings is 9. The molecule has 54 heavy (non-hydrogen) atoms. The molecule has 11 rings (SSSR count). The lowest BCUT2D eigenvalue weighted by Gasteiger charge is -2.32. The van der Waals surface area contributed by atoms with E-state index in [9.17, 15) is 4.39 Å². The molecule has 1 spiro atoms. The van der Waals surface area contributed by atoms with E-state index in [1.165, 1.54) is 82.4 Å². The maximum atomic E-state index is 14.3. The van der Waals surface area contributed by atoms with Crippen LogP contribution in [0.25, 0.3) is 54.6 Å². The highest BCUT2D eigenvalue weighted by molar-refractivity contribution is 6.20. The lowest BCUT2D eigenvalue weighted by Crippen LogP contribution is -2.26. The van der Waals surface area contributed by atoms with Gasteiger partial charge in [-0.3, -0.25) is 0 Å². The van der Waals surface area contributed by atoms with Gasteiger partial charge in [-0.15, -0.1) is 0 Å². The van der Waals surface area contributed by atoms with Gasteiger partial charge < -0.3 is 4.90 Å². The van der Waals surface area contributed by atoms with Crippen LogP contribution in [-0.2, 0) is 5.41 Å². The smallest absolute Gasteiger partial charge is 0.123 e. The third-order valence-corrected chi connectivity index (χ3v) is 12.1. The van der Waals surface area contributed by atoms with Gasteiger partial charge in [-0.25, -0.2) is 4.39 Å². The summed E-state index contributed by atoms with van der Waals surface area (Å²) in [7, 11) is 0. The van der Waals surface area contributed by atoms with E-state index in [2.05, 4.69) is 170 Å². The van der Waals surface area contributed by atoms with Crippen LogP contribution in [0, 0.1) is 5.82 Å². The van der Waals surface area contributed by atoms with Crippen molar-refractivity contribution in [3.63, 3.8) is 0 Å². The molecule has 2 heteroatoms. The summed E-state index contributed by atoms with van der Waals surface area (Å²) < 4.78 is 14.3. The summed E-state index contributed by atoms with van der Waals surface area (Å²) >= 11 is 0. The second kappa shape index (κ2) is 11.5. The average molecular weight is 694 g/mol. The second-order valence-electron chi connectivity index (χ2n) is 15.2. The first-order valence-corrected chi connectivity index (χ1v) is 18.9.